The maximum Gasteiger partial charge on any atom is 0.186 e. The lowest BCUT2D eigenvalue weighted by Gasteiger charge is -2.13. The van der Waals surface area contributed by atoms with Gasteiger partial charge in [0.2, 0.25) is 0 Å². The normalized spacial score (nSPS) is 19.1. The van der Waals surface area contributed by atoms with Crippen molar-refractivity contribution in [3.05, 3.63) is 18.2 Å². The van der Waals surface area contributed by atoms with Crippen LogP contribution in [0, 0.1) is 0 Å². The topological polar surface area (TPSA) is 78.9 Å². The second kappa shape index (κ2) is 2.77. The lowest BCUT2D eigenvalue weighted by atomic mass is 10.1. The molecule has 1 spiro atoms. The van der Waals surface area contributed by atoms with E-state index < -0.39 is 0 Å². The number of hydrogen-bond donors (Lipinski definition) is 1. The van der Waals surface area contributed by atoms with Crippen molar-refractivity contribution in [2.75, 3.05) is 12.3 Å². The van der Waals surface area contributed by atoms with Crippen LogP contribution in [-0.2, 0) is 5.54 Å². The van der Waals surface area contributed by atoms with Crippen LogP contribution in [-0.4, -0.2) is 26.8 Å². The number of para-hydroxylation sites is 1. The number of benzene rings is 1. The second-order valence-electron chi connectivity index (χ2n) is 4.65. The Kier molecular flexibility index (Phi) is 1.46. The summed E-state index contributed by atoms with van der Waals surface area (Å²) in [6, 6.07) is 5.66. The van der Waals surface area contributed by atoms with Crippen LogP contribution in [0.1, 0.15) is 12.8 Å². The van der Waals surface area contributed by atoms with Crippen molar-refractivity contribution in [1.82, 2.24) is 20.2 Å². The van der Waals surface area contributed by atoms with E-state index in [4.69, 9.17) is 10.5 Å². The largest absolute Gasteiger partial charge is 0.488 e. The van der Waals surface area contributed by atoms with Crippen LogP contribution in [0.25, 0.3) is 11.4 Å². The van der Waals surface area contributed by atoms with Gasteiger partial charge < -0.3 is 10.5 Å². The first-order chi connectivity index (χ1) is 8.30. The summed E-state index contributed by atoms with van der Waals surface area (Å²) in [6.45, 7) is 0.590. The average molecular weight is 229 g/mol. The summed E-state index contributed by atoms with van der Waals surface area (Å²) in [4.78, 5) is 0. The monoisotopic (exact) mass is 229 g/mol. The Hall–Kier alpha value is -2.11. The standard InChI is InChI=1S/C11H11N5O/c12-8-3-1-2-7-9(8)17-6-11(4-5-11)16-10(7)13-14-15-16/h1-3H,4-6,12H2. The van der Waals surface area contributed by atoms with Crippen molar-refractivity contribution in [1.29, 1.82) is 0 Å². The van der Waals surface area contributed by atoms with Crippen molar-refractivity contribution in [3.8, 4) is 17.1 Å². The quantitative estimate of drug-likeness (QED) is 0.676. The van der Waals surface area contributed by atoms with Gasteiger partial charge in [-0.1, -0.05) is 6.07 Å². The molecule has 86 valence electrons. The molecule has 1 aliphatic heterocycles. The summed E-state index contributed by atoms with van der Waals surface area (Å²) in [7, 11) is 0. The molecule has 1 aromatic heterocycles. The molecule has 2 aliphatic rings. The Labute approximate surface area is 97.4 Å². The van der Waals surface area contributed by atoms with Gasteiger partial charge in [0.15, 0.2) is 11.6 Å². The second-order valence-corrected chi connectivity index (χ2v) is 4.65. The molecule has 0 bridgehead atoms. The molecule has 1 saturated carbocycles. The van der Waals surface area contributed by atoms with Crippen molar-refractivity contribution >= 4 is 5.69 Å². The Balaban J connectivity index is 2.02. The number of tetrazole rings is 1. The van der Waals surface area contributed by atoms with Crippen molar-refractivity contribution in [2.45, 2.75) is 18.4 Å². The van der Waals surface area contributed by atoms with Gasteiger partial charge in [-0.05, 0) is 35.4 Å². The Bertz CT molecular complexity index is 602. The third-order valence-electron chi connectivity index (χ3n) is 3.52. The van der Waals surface area contributed by atoms with Gasteiger partial charge in [0.05, 0.1) is 11.3 Å². The summed E-state index contributed by atoms with van der Waals surface area (Å²) >= 11 is 0. The zero-order valence-corrected chi connectivity index (χ0v) is 9.13. The fraction of sp³-hybridized carbons (Fsp3) is 0.364. The molecule has 0 amide bonds. The first-order valence-electron chi connectivity index (χ1n) is 5.61. The number of aromatic nitrogens is 4. The molecular weight excluding hydrogens is 218 g/mol. The number of nitrogen functional groups attached to an aromatic ring is 1. The van der Waals surface area contributed by atoms with Gasteiger partial charge in [0.1, 0.15) is 12.1 Å². The lowest BCUT2D eigenvalue weighted by Crippen LogP contribution is -2.25. The van der Waals surface area contributed by atoms with Gasteiger partial charge in [-0.3, -0.25) is 0 Å². The average Bonchev–Trinajstić information content (AvgIpc) is 2.99. The SMILES string of the molecule is Nc1cccc2c1OCC1(CC1)n1nnnc1-2. The van der Waals surface area contributed by atoms with E-state index in [1.165, 1.54) is 0 Å². The zero-order valence-electron chi connectivity index (χ0n) is 9.13. The van der Waals surface area contributed by atoms with Crippen LogP contribution in [0.15, 0.2) is 18.2 Å². The van der Waals surface area contributed by atoms with E-state index in [0.717, 1.165) is 24.2 Å². The number of anilines is 1. The van der Waals surface area contributed by atoms with E-state index in [1.807, 2.05) is 22.9 Å². The molecule has 1 fully saturated rings. The minimum atomic E-state index is -0.0513. The van der Waals surface area contributed by atoms with E-state index in [2.05, 4.69) is 15.5 Å². The molecule has 17 heavy (non-hydrogen) atoms. The van der Waals surface area contributed by atoms with Gasteiger partial charge in [0.25, 0.3) is 0 Å². The summed E-state index contributed by atoms with van der Waals surface area (Å²) in [6.07, 6.45) is 2.11. The van der Waals surface area contributed by atoms with Crippen LogP contribution < -0.4 is 10.5 Å². The van der Waals surface area contributed by atoms with Crippen molar-refractivity contribution < 1.29 is 4.74 Å². The number of ether oxygens (including phenoxy) is 1. The van der Waals surface area contributed by atoms with Gasteiger partial charge in [-0.2, -0.15) is 0 Å². The summed E-state index contributed by atoms with van der Waals surface area (Å²) in [5, 5.41) is 12.0. The molecule has 6 heteroatoms. The molecule has 1 aromatic carbocycles. The molecule has 0 saturated heterocycles. The third kappa shape index (κ3) is 1.07. The Morgan fingerprint density at radius 3 is 3.06 bits per heavy atom. The minimum absolute atomic E-state index is 0.0513. The molecule has 6 nitrogen and oxygen atoms in total. The number of fused-ring (bicyclic) bond motifs is 4. The lowest BCUT2D eigenvalue weighted by molar-refractivity contribution is 0.231. The molecule has 4 rings (SSSR count). The first kappa shape index (κ1) is 8.98. The predicted molar refractivity (Wildman–Crippen MR) is 60.4 cm³/mol. The molecule has 2 heterocycles. The highest BCUT2D eigenvalue weighted by molar-refractivity contribution is 5.73. The maximum atomic E-state index is 5.94. The number of nitrogens with two attached hydrogens (primary N) is 1. The highest BCUT2D eigenvalue weighted by Crippen LogP contribution is 2.49. The van der Waals surface area contributed by atoms with Crippen LogP contribution in [0.2, 0.25) is 0 Å². The van der Waals surface area contributed by atoms with Crippen LogP contribution in [0.5, 0.6) is 5.75 Å². The van der Waals surface area contributed by atoms with Crippen molar-refractivity contribution in [2.24, 2.45) is 0 Å². The number of nitrogens with zero attached hydrogens (tertiary/aromatic N) is 4. The van der Waals surface area contributed by atoms with Crippen LogP contribution in [0.3, 0.4) is 0 Å². The molecular formula is C11H11N5O. The summed E-state index contributed by atoms with van der Waals surface area (Å²) in [5.74, 6) is 1.45. The summed E-state index contributed by atoms with van der Waals surface area (Å²) < 4.78 is 7.73. The molecule has 0 radical (unpaired) electrons. The molecule has 2 N–H and O–H groups in total. The molecule has 1 aliphatic carbocycles. The minimum Gasteiger partial charge on any atom is -0.488 e. The summed E-state index contributed by atoms with van der Waals surface area (Å²) in [5.41, 5.74) is 7.40. The fourth-order valence-corrected chi connectivity index (χ4v) is 2.33. The van der Waals surface area contributed by atoms with E-state index in [1.54, 1.807) is 0 Å². The molecule has 2 aromatic rings. The van der Waals surface area contributed by atoms with E-state index in [9.17, 15) is 0 Å². The molecule has 0 unspecified atom stereocenters. The predicted octanol–water partition coefficient (Wildman–Crippen LogP) is 0.804. The van der Waals surface area contributed by atoms with Gasteiger partial charge in [-0.25, -0.2) is 4.68 Å². The van der Waals surface area contributed by atoms with E-state index >= 15 is 0 Å². The smallest absolute Gasteiger partial charge is 0.186 e. The fourth-order valence-electron chi connectivity index (χ4n) is 2.33. The highest BCUT2D eigenvalue weighted by atomic mass is 16.5. The van der Waals surface area contributed by atoms with Crippen molar-refractivity contribution in [3.63, 3.8) is 0 Å². The Morgan fingerprint density at radius 2 is 2.24 bits per heavy atom. The van der Waals surface area contributed by atoms with Gasteiger partial charge >= 0.3 is 0 Å². The highest BCUT2D eigenvalue weighted by Gasteiger charge is 2.50. The van der Waals surface area contributed by atoms with E-state index in [0.29, 0.717) is 18.0 Å². The third-order valence-corrected chi connectivity index (χ3v) is 3.52. The molecule has 0 atom stereocenters. The van der Waals surface area contributed by atoms with Gasteiger partial charge in [0, 0.05) is 0 Å². The van der Waals surface area contributed by atoms with Crippen LogP contribution >= 0.6 is 0 Å². The van der Waals surface area contributed by atoms with Gasteiger partial charge in [-0.15, -0.1) is 5.10 Å². The first-order valence-corrected chi connectivity index (χ1v) is 5.61. The zero-order chi connectivity index (χ0) is 11.5. The number of rotatable bonds is 0. The Morgan fingerprint density at radius 1 is 1.35 bits per heavy atom. The van der Waals surface area contributed by atoms with Crippen LogP contribution in [0.4, 0.5) is 5.69 Å². The van der Waals surface area contributed by atoms with E-state index in [-0.39, 0.29) is 5.54 Å². The number of hydrogen-bond acceptors (Lipinski definition) is 5. The maximum absolute atomic E-state index is 5.94.